The highest BCUT2D eigenvalue weighted by Gasteiger charge is 2.52. The average Bonchev–Trinajstić information content (AvgIpc) is 2.71. The molecule has 0 atom stereocenters. The third-order valence-electron chi connectivity index (χ3n) is 3.49. The second-order valence-electron chi connectivity index (χ2n) is 5.32. The van der Waals surface area contributed by atoms with E-state index in [9.17, 15) is 0 Å². The van der Waals surface area contributed by atoms with Gasteiger partial charge in [0.2, 0.25) is 0 Å². The zero-order valence-corrected chi connectivity index (χ0v) is 10.8. The number of rotatable bonds is 3. The van der Waals surface area contributed by atoms with E-state index in [2.05, 4.69) is 5.10 Å². The van der Waals surface area contributed by atoms with E-state index in [4.69, 9.17) is 14.4 Å². The summed E-state index contributed by atoms with van der Waals surface area (Å²) in [7, 11) is -0.431. The molecule has 1 saturated heterocycles. The molecule has 0 spiro atoms. The van der Waals surface area contributed by atoms with Crippen LogP contribution in [-0.4, -0.2) is 39.8 Å². The van der Waals surface area contributed by atoms with Crippen molar-refractivity contribution in [1.29, 1.82) is 0 Å². The Kier molecular flexibility index (Phi) is 3.05. The SMILES string of the molecule is CC1(C)OB(c2ccn(CCO)n2)OC1(C)C. The van der Waals surface area contributed by atoms with Gasteiger partial charge in [-0.3, -0.25) is 4.68 Å². The summed E-state index contributed by atoms with van der Waals surface area (Å²) in [6, 6.07) is 1.86. The van der Waals surface area contributed by atoms with E-state index in [1.807, 2.05) is 40.0 Å². The molecule has 0 amide bonds. The lowest BCUT2D eigenvalue weighted by Gasteiger charge is -2.32. The highest BCUT2D eigenvalue weighted by Crippen LogP contribution is 2.36. The van der Waals surface area contributed by atoms with E-state index in [1.165, 1.54) is 0 Å². The monoisotopic (exact) mass is 238 g/mol. The van der Waals surface area contributed by atoms with Crippen LogP contribution in [0.25, 0.3) is 0 Å². The molecule has 6 heteroatoms. The fourth-order valence-corrected chi connectivity index (χ4v) is 1.69. The van der Waals surface area contributed by atoms with Crippen LogP contribution in [0.4, 0.5) is 0 Å². The first kappa shape index (κ1) is 12.6. The van der Waals surface area contributed by atoms with Crippen molar-refractivity contribution in [3.63, 3.8) is 0 Å². The van der Waals surface area contributed by atoms with Crippen LogP contribution in [0.3, 0.4) is 0 Å². The summed E-state index contributed by atoms with van der Waals surface area (Å²) >= 11 is 0. The molecule has 1 aromatic heterocycles. The van der Waals surface area contributed by atoms with Crippen LogP contribution in [0.5, 0.6) is 0 Å². The zero-order valence-electron chi connectivity index (χ0n) is 10.8. The van der Waals surface area contributed by atoms with E-state index in [1.54, 1.807) is 4.68 Å². The lowest BCUT2D eigenvalue weighted by molar-refractivity contribution is 0.00578. The maximum Gasteiger partial charge on any atom is 0.516 e. The number of hydrogen-bond donors (Lipinski definition) is 1. The van der Waals surface area contributed by atoms with Crippen molar-refractivity contribution in [2.24, 2.45) is 0 Å². The molecule has 0 radical (unpaired) electrons. The van der Waals surface area contributed by atoms with Crippen molar-refractivity contribution >= 4 is 12.7 Å². The summed E-state index contributed by atoms with van der Waals surface area (Å²) < 4.78 is 13.4. The molecule has 17 heavy (non-hydrogen) atoms. The number of nitrogens with zero attached hydrogens (tertiary/aromatic N) is 2. The molecule has 1 fully saturated rings. The van der Waals surface area contributed by atoms with Gasteiger partial charge in [0.15, 0.2) is 0 Å². The smallest absolute Gasteiger partial charge is 0.398 e. The first-order valence-electron chi connectivity index (χ1n) is 5.85. The fraction of sp³-hybridized carbons (Fsp3) is 0.727. The summed E-state index contributed by atoms with van der Waals surface area (Å²) in [5.74, 6) is 0. The summed E-state index contributed by atoms with van der Waals surface area (Å²) in [4.78, 5) is 0. The topological polar surface area (TPSA) is 56.5 Å². The molecule has 0 bridgehead atoms. The highest BCUT2D eigenvalue weighted by atomic mass is 16.7. The van der Waals surface area contributed by atoms with Gasteiger partial charge in [0, 0.05) is 6.20 Å². The number of aromatic nitrogens is 2. The Balaban J connectivity index is 2.14. The Bertz CT molecular complexity index is 387. The molecule has 94 valence electrons. The van der Waals surface area contributed by atoms with Crippen molar-refractivity contribution in [3.05, 3.63) is 12.3 Å². The lowest BCUT2D eigenvalue weighted by Crippen LogP contribution is -2.41. The summed E-state index contributed by atoms with van der Waals surface area (Å²) in [6.07, 6.45) is 1.82. The normalized spacial score (nSPS) is 22.1. The predicted molar refractivity (Wildman–Crippen MR) is 65.0 cm³/mol. The minimum absolute atomic E-state index is 0.0739. The van der Waals surface area contributed by atoms with E-state index >= 15 is 0 Å². The van der Waals surface area contributed by atoms with Crippen molar-refractivity contribution < 1.29 is 14.4 Å². The minimum atomic E-state index is -0.431. The number of aliphatic hydroxyl groups excluding tert-OH is 1. The summed E-state index contributed by atoms with van der Waals surface area (Å²) in [5.41, 5.74) is 0.0497. The van der Waals surface area contributed by atoms with Gasteiger partial charge >= 0.3 is 7.12 Å². The predicted octanol–water partition coefficient (Wildman–Crippen LogP) is 0.175. The summed E-state index contributed by atoms with van der Waals surface area (Å²) in [6.45, 7) is 8.61. The molecular formula is C11H19BN2O3. The van der Waals surface area contributed by atoms with E-state index < -0.39 is 7.12 Å². The van der Waals surface area contributed by atoms with E-state index in [0.29, 0.717) is 6.54 Å². The van der Waals surface area contributed by atoms with Crippen LogP contribution in [0.1, 0.15) is 27.7 Å². The van der Waals surface area contributed by atoms with Crippen molar-refractivity contribution in [2.75, 3.05) is 6.61 Å². The molecule has 0 saturated carbocycles. The van der Waals surface area contributed by atoms with Gasteiger partial charge in [-0.2, -0.15) is 5.10 Å². The Morgan fingerprint density at radius 1 is 1.29 bits per heavy atom. The molecule has 1 aliphatic rings. The highest BCUT2D eigenvalue weighted by molar-refractivity contribution is 6.61. The molecule has 0 unspecified atom stereocenters. The van der Waals surface area contributed by atoms with Gasteiger partial charge in [-0.1, -0.05) is 0 Å². The van der Waals surface area contributed by atoms with Crippen LogP contribution < -0.4 is 5.59 Å². The molecule has 5 nitrogen and oxygen atoms in total. The molecule has 2 rings (SSSR count). The number of aliphatic hydroxyl groups is 1. The molecule has 2 heterocycles. The molecule has 0 aromatic carbocycles. The van der Waals surface area contributed by atoms with Gasteiger partial charge in [0.1, 0.15) is 0 Å². The molecular weight excluding hydrogens is 219 g/mol. The zero-order chi connectivity index (χ0) is 12.7. The van der Waals surface area contributed by atoms with Gasteiger partial charge in [0.05, 0.1) is 29.9 Å². The minimum Gasteiger partial charge on any atom is -0.398 e. The Morgan fingerprint density at radius 3 is 2.41 bits per heavy atom. The van der Waals surface area contributed by atoms with Crippen LogP contribution >= 0.6 is 0 Å². The van der Waals surface area contributed by atoms with Gasteiger partial charge < -0.3 is 14.4 Å². The first-order chi connectivity index (χ1) is 7.86. The first-order valence-corrected chi connectivity index (χ1v) is 5.85. The van der Waals surface area contributed by atoms with Crippen LogP contribution in [0.15, 0.2) is 12.3 Å². The average molecular weight is 238 g/mol. The summed E-state index contributed by atoms with van der Waals surface area (Å²) in [5, 5.41) is 13.2. The maximum atomic E-state index is 8.84. The Labute approximate surface area is 102 Å². The standard InChI is InChI=1S/C11H19BN2O3/c1-10(2)11(3,4)17-12(16-10)9-5-6-14(13-9)7-8-15/h5-6,15H,7-8H2,1-4H3. The van der Waals surface area contributed by atoms with Gasteiger partial charge in [-0.25, -0.2) is 0 Å². The maximum absolute atomic E-state index is 8.84. The van der Waals surface area contributed by atoms with Crippen molar-refractivity contribution in [2.45, 2.75) is 45.4 Å². The molecule has 1 aliphatic heterocycles. The van der Waals surface area contributed by atoms with Crippen LogP contribution in [0, 0.1) is 0 Å². The van der Waals surface area contributed by atoms with Gasteiger partial charge in [-0.05, 0) is 33.8 Å². The van der Waals surface area contributed by atoms with Crippen molar-refractivity contribution in [1.82, 2.24) is 9.78 Å². The largest absolute Gasteiger partial charge is 0.516 e. The third-order valence-corrected chi connectivity index (χ3v) is 3.49. The molecule has 1 N–H and O–H groups in total. The second kappa shape index (κ2) is 4.12. The van der Waals surface area contributed by atoms with E-state index in [0.717, 1.165) is 5.59 Å². The number of hydrogen-bond acceptors (Lipinski definition) is 4. The molecule has 0 aliphatic carbocycles. The Hall–Kier alpha value is -0.845. The quantitative estimate of drug-likeness (QED) is 0.763. The van der Waals surface area contributed by atoms with Gasteiger partial charge in [0.25, 0.3) is 0 Å². The Morgan fingerprint density at radius 2 is 1.88 bits per heavy atom. The van der Waals surface area contributed by atoms with Crippen molar-refractivity contribution in [3.8, 4) is 0 Å². The van der Waals surface area contributed by atoms with Crippen LogP contribution in [-0.2, 0) is 15.9 Å². The lowest BCUT2D eigenvalue weighted by atomic mass is 9.85. The third kappa shape index (κ3) is 2.25. The molecule has 1 aromatic rings. The van der Waals surface area contributed by atoms with E-state index in [-0.39, 0.29) is 17.8 Å². The second-order valence-corrected chi connectivity index (χ2v) is 5.32. The van der Waals surface area contributed by atoms with Crippen LogP contribution in [0.2, 0.25) is 0 Å². The fourth-order valence-electron chi connectivity index (χ4n) is 1.69. The van der Waals surface area contributed by atoms with Gasteiger partial charge in [-0.15, -0.1) is 0 Å².